The summed E-state index contributed by atoms with van der Waals surface area (Å²) in [5.74, 6) is -0.553. The number of amides is 4. The number of carbonyl (C=O) groups is 3. The Morgan fingerprint density at radius 1 is 0.972 bits per heavy atom. The number of sulfonamides is 1. The van der Waals surface area contributed by atoms with E-state index in [9.17, 15) is 22.8 Å². The van der Waals surface area contributed by atoms with Crippen molar-refractivity contribution in [2.24, 2.45) is 0 Å². The Morgan fingerprint density at radius 2 is 1.69 bits per heavy atom. The van der Waals surface area contributed by atoms with Crippen LogP contribution in [0, 0.1) is 0 Å². The van der Waals surface area contributed by atoms with Crippen LogP contribution in [0.2, 0.25) is 0 Å². The van der Waals surface area contributed by atoms with E-state index >= 15 is 0 Å². The van der Waals surface area contributed by atoms with Crippen LogP contribution >= 0.6 is 11.3 Å². The molecule has 1 fully saturated rings. The van der Waals surface area contributed by atoms with Gasteiger partial charge in [-0.25, -0.2) is 13.2 Å². The molecule has 0 radical (unpaired) electrons. The molecule has 4 rings (SSSR count). The highest BCUT2D eigenvalue weighted by atomic mass is 32.2. The summed E-state index contributed by atoms with van der Waals surface area (Å²) in [6.45, 7) is 4.26. The van der Waals surface area contributed by atoms with E-state index in [0.29, 0.717) is 22.8 Å². The zero-order valence-electron chi connectivity index (χ0n) is 19.9. The molecule has 1 aliphatic rings. The van der Waals surface area contributed by atoms with Gasteiger partial charge in [-0.3, -0.25) is 14.9 Å². The number of fused-ring (bicyclic) bond motifs is 1. The summed E-state index contributed by atoms with van der Waals surface area (Å²) in [6.07, 6.45) is 0. The van der Waals surface area contributed by atoms with Crippen molar-refractivity contribution in [3.63, 3.8) is 0 Å². The molecule has 12 heteroatoms. The normalized spacial score (nSPS) is 14.4. The molecule has 0 saturated carbocycles. The average molecular weight is 530 g/mol. The average Bonchev–Trinajstić information content (AvgIpc) is 3.21. The first-order valence-electron chi connectivity index (χ1n) is 11.4. The van der Waals surface area contributed by atoms with Gasteiger partial charge in [-0.15, -0.1) is 11.3 Å². The van der Waals surface area contributed by atoms with Crippen molar-refractivity contribution in [2.75, 3.05) is 43.4 Å². The smallest absolute Gasteiger partial charge is 0.319 e. The number of carbonyl (C=O) groups excluding carboxylic acids is 3. The summed E-state index contributed by atoms with van der Waals surface area (Å²) in [6, 6.07) is 13.1. The molecule has 0 atom stereocenters. The van der Waals surface area contributed by atoms with Crippen molar-refractivity contribution in [3.8, 4) is 0 Å². The molecule has 3 aromatic rings. The molecule has 2 aromatic carbocycles. The summed E-state index contributed by atoms with van der Waals surface area (Å²) >= 11 is 1.32. The molecule has 0 aliphatic carbocycles. The van der Waals surface area contributed by atoms with Crippen LogP contribution < -0.4 is 16.0 Å². The number of urea groups is 1. The van der Waals surface area contributed by atoms with Gasteiger partial charge >= 0.3 is 6.03 Å². The molecule has 1 aromatic heterocycles. The largest absolute Gasteiger partial charge is 0.338 e. The Morgan fingerprint density at radius 3 is 2.39 bits per heavy atom. The van der Waals surface area contributed by atoms with Crippen molar-refractivity contribution in [3.05, 3.63) is 54.1 Å². The SMILES string of the molecule is CCNC(=O)Nc1sc2ccccc2c1C(=O)N1CCN(S(=O)(=O)c2cccc(NC(C)=O)c2)CC1. The van der Waals surface area contributed by atoms with Gasteiger partial charge in [0.15, 0.2) is 0 Å². The summed E-state index contributed by atoms with van der Waals surface area (Å²) in [5.41, 5.74) is 0.801. The number of hydrogen-bond donors (Lipinski definition) is 3. The highest BCUT2D eigenvalue weighted by molar-refractivity contribution is 7.89. The van der Waals surface area contributed by atoms with Gasteiger partial charge in [0.05, 0.1) is 10.5 Å². The van der Waals surface area contributed by atoms with Crippen molar-refractivity contribution in [2.45, 2.75) is 18.7 Å². The lowest BCUT2D eigenvalue weighted by Crippen LogP contribution is -2.50. The van der Waals surface area contributed by atoms with E-state index in [0.717, 1.165) is 10.1 Å². The molecule has 36 heavy (non-hydrogen) atoms. The number of anilines is 2. The van der Waals surface area contributed by atoms with Crippen molar-refractivity contribution in [1.29, 1.82) is 0 Å². The fourth-order valence-corrected chi connectivity index (χ4v) is 6.59. The second-order valence-electron chi connectivity index (χ2n) is 8.19. The van der Waals surface area contributed by atoms with E-state index in [1.807, 2.05) is 24.3 Å². The molecular weight excluding hydrogens is 502 g/mol. The second-order valence-corrected chi connectivity index (χ2v) is 11.2. The Balaban J connectivity index is 1.52. The summed E-state index contributed by atoms with van der Waals surface area (Å²) in [4.78, 5) is 38.8. The molecule has 10 nitrogen and oxygen atoms in total. The number of hydrogen-bond acceptors (Lipinski definition) is 6. The quantitative estimate of drug-likeness (QED) is 0.452. The lowest BCUT2D eigenvalue weighted by atomic mass is 10.1. The molecule has 1 saturated heterocycles. The molecule has 2 heterocycles. The first kappa shape index (κ1) is 25.6. The summed E-state index contributed by atoms with van der Waals surface area (Å²) in [5, 5.41) is 9.24. The minimum atomic E-state index is -3.81. The maximum atomic E-state index is 13.6. The monoisotopic (exact) mass is 529 g/mol. The number of nitrogens with zero attached hydrogens (tertiary/aromatic N) is 2. The van der Waals surface area contributed by atoms with Crippen LogP contribution in [-0.2, 0) is 14.8 Å². The van der Waals surface area contributed by atoms with Crippen molar-refractivity contribution < 1.29 is 22.8 Å². The Labute approximate surface area is 213 Å². The van der Waals surface area contributed by atoms with Crippen LogP contribution in [0.4, 0.5) is 15.5 Å². The fourth-order valence-electron chi connectivity index (χ4n) is 4.03. The third kappa shape index (κ3) is 5.35. The third-order valence-corrected chi connectivity index (χ3v) is 8.67. The molecule has 0 spiro atoms. The number of benzene rings is 2. The second kappa shape index (κ2) is 10.6. The first-order chi connectivity index (χ1) is 17.2. The maximum Gasteiger partial charge on any atom is 0.319 e. The molecule has 190 valence electrons. The third-order valence-electron chi connectivity index (χ3n) is 5.69. The van der Waals surface area contributed by atoms with Gasteiger partial charge in [-0.05, 0) is 31.2 Å². The number of piperazine rings is 1. The molecule has 0 bridgehead atoms. The van der Waals surface area contributed by atoms with Crippen LogP contribution in [0.3, 0.4) is 0 Å². The van der Waals surface area contributed by atoms with E-state index in [1.165, 1.54) is 34.7 Å². The summed E-state index contributed by atoms with van der Waals surface area (Å²) in [7, 11) is -3.81. The number of nitrogens with one attached hydrogen (secondary N) is 3. The Hall–Kier alpha value is -3.48. The van der Waals surface area contributed by atoms with Gasteiger partial charge in [0, 0.05) is 55.4 Å². The molecule has 4 amide bonds. The van der Waals surface area contributed by atoms with Crippen molar-refractivity contribution >= 4 is 60.0 Å². The predicted molar refractivity (Wildman–Crippen MR) is 140 cm³/mol. The molecular formula is C24H27N5O5S2. The standard InChI is InChI=1S/C24H27N5O5S2/c1-3-25-24(32)27-22-21(19-9-4-5-10-20(19)35-22)23(31)28-11-13-29(14-12-28)36(33,34)18-8-6-7-17(15-18)26-16(2)30/h4-10,15H,3,11-14H2,1-2H3,(H,26,30)(H2,25,27,32). The van der Waals surface area contributed by atoms with Crippen LogP contribution in [0.15, 0.2) is 53.4 Å². The first-order valence-corrected chi connectivity index (χ1v) is 13.7. The molecule has 3 N–H and O–H groups in total. The Bertz CT molecular complexity index is 1410. The van der Waals surface area contributed by atoms with Gasteiger partial charge < -0.3 is 15.5 Å². The van der Waals surface area contributed by atoms with Gasteiger partial charge in [-0.2, -0.15) is 4.31 Å². The van der Waals surface area contributed by atoms with E-state index in [4.69, 9.17) is 0 Å². The Kier molecular flexibility index (Phi) is 7.57. The lowest BCUT2D eigenvalue weighted by Gasteiger charge is -2.34. The zero-order chi connectivity index (χ0) is 25.9. The topological polar surface area (TPSA) is 128 Å². The number of rotatable bonds is 6. The highest BCUT2D eigenvalue weighted by Crippen LogP contribution is 2.36. The van der Waals surface area contributed by atoms with Gasteiger partial charge in [0.25, 0.3) is 5.91 Å². The fraction of sp³-hybridized carbons (Fsp3) is 0.292. The molecule has 1 aliphatic heterocycles. The van der Waals surface area contributed by atoms with E-state index < -0.39 is 16.1 Å². The highest BCUT2D eigenvalue weighted by Gasteiger charge is 2.32. The van der Waals surface area contributed by atoms with Gasteiger partial charge in [-0.1, -0.05) is 24.3 Å². The van der Waals surface area contributed by atoms with Crippen LogP contribution in [0.5, 0.6) is 0 Å². The van der Waals surface area contributed by atoms with E-state index in [-0.39, 0.29) is 42.9 Å². The van der Waals surface area contributed by atoms with Gasteiger partial charge in [0.1, 0.15) is 5.00 Å². The lowest BCUT2D eigenvalue weighted by molar-refractivity contribution is -0.114. The van der Waals surface area contributed by atoms with Gasteiger partial charge in [0.2, 0.25) is 15.9 Å². The van der Waals surface area contributed by atoms with Crippen molar-refractivity contribution in [1.82, 2.24) is 14.5 Å². The predicted octanol–water partition coefficient (Wildman–Crippen LogP) is 3.15. The number of thiophene rings is 1. The van der Waals surface area contributed by atoms with E-state index in [1.54, 1.807) is 24.0 Å². The van der Waals surface area contributed by atoms with Crippen LogP contribution in [-0.4, -0.2) is 68.2 Å². The minimum absolute atomic E-state index is 0.0748. The van der Waals surface area contributed by atoms with Crippen LogP contribution in [0.1, 0.15) is 24.2 Å². The van der Waals surface area contributed by atoms with E-state index in [2.05, 4.69) is 16.0 Å². The maximum absolute atomic E-state index is 13.6. The molecule has 0 unspecified atom stereocenters. The zero-order valence-corrected chi connectivity index (χ0v) is 21.5. The van der Waals surface area contributed by atoms with Crippen LogP contribution in [0.25, 0.3) is 10.1 Å². The minimum Gasteiger partial charge on any atom is -0.338 e. The summed E-state index contributed by atoms with van der Waals surface area (Å²) < 4.78 is 28.6.